The molecule has 0 N–H and O–H groups in total. The van der Waals surface area contributed by atoms with Crippen LogP contribution in [0.4, 0.5) is 0 Å². The van der Waals surface area contributed by atoms with E-state index in [1.807, 2.05) is 0 Å². The molecule has 0 saturated heterocycles. The predicted octanol–water partition coefficient (Wildman–Crippen LogP) is 19.0. The molecule has 0 radical (unpaired) electrons. The van der Waals surface area contributed by atoms with E-state index in [2.05, 4.69) is 69.4 Å². The first-order chi connectivity index (χ1) is 32.5. The van der Waals surface area contributed by atoms with Gasteiger partial charge in [-0.15, -0.1) is 0 Å². The molecule has 66 heavy (non-hydrogen) atoms. The molecule has 0 fully saturated rings. The van der Waals surface area contributed by atoms with Crippen molar-refractivity contribution in [1.29, 1.82) is 0 Å². The van der Waals surface area contributed by atoms with Crippen LogP contribution in [-0.2, 0) is 28.6 Å². The number of rotatable bonds is 52. The zero-order valence-corrected chi connectivity index (χ0v) is 44.0. The van der Waals surface area contributed by atoms with Gasteiger partial charge in [-0.2, -0.15) is 0 Å². The van der Waals surface area contributed by atoms with Crippen molar-refractivity contribution < 1.29 is 28.6 Å². The third-order valence-corrected chi connectivity index (χ3v) is 12.6. The number of hydrogen-bond acceptors (Lipinski definition) is 6. The summed E-state index contributed by atoms with van der Waals surface area (Å²) in [5.41, 5.74) is 0. The zero-order chi connectivity index (χ0) is 47.9. The standard InChI is InChI=1S/C60H108O6/c1-4-7-10-13-16-18-20-21-22-23-24-25-26-27-28-29-30-31-32-33-34-35-36-37-38-39-41-42-44-47-50-53-59(62)65-56-57(55-64-58(61)52-49-46-15-12-9-6-3)66-60(63)54-51-48-45-43-40-19-17-14-11-8-5-2/h7,10,16,18,21-22,24-25,57H,4-6,8-9,11-15,17,19-20,23,26-56H2,1-3H3/b10-7-,18-16-,22-21-,25-24-. The summed E-state index contributed by atoms with van der Waals surface area (Å²) in [5.74, 6) is -0.866. The second-order valence-corrected chi connectivity index (χ2v) is 19.2. The van der Waals surface area contributed by atoms with E-state index in [0.717, 1.165) is 83.5 Å². The van der Waals surface area contributed by atoms with E-state index in [1.165, 1.54) is 173 Å². The first-order valence-electron chi connectivity index (χ1n) is 28.6. The molecular formula is C60H108O6. The molecule has 6 nitrogen and oxygen atoms in total. The van der Waals surface area contributed by atoms with Gasteiger partial charge in [-0.25, -0.2) is 0 Å². The van der Waals surface area contributed by atoms with E-state index in [0.29, 0.717) is 19.3 Å². The zero-order valence-electron chi connectivity index (χ0n) is 44.0. The molecule has 0 spiro atoms. The third kappa shape index (κ3) is 52.3. The van der Waals surface area contributed by atoms with Gasteiger partial charge in [0, 0.05) is 19.3 Å². The first kappa shape index (κ1) is 63.4. The molecule has 0 aromatic heterocycles. The summed E-state index contributed by atoms with van der Waals surface area (Å²) in [4.78, 5) is 37.7. The Morgan fingerprint density at radius 1 is 0.318 bits per heavy atom. The number of hydrogen-bond donors (Lipinski definition) is 0. The van der Waals surface area contributed by atoms with Gasteiger partial charge in [0.2, 0.25) is 0 Å². The Balaban J connectivity index is 3.92. The topological polar surface area (TPSA) is 78.9 Å². The molecule has 0 bridgehead atoms. The highest BCUT2D eigenvalue weighted by atomic mass is 16.6. The van der Waals surface area contributed by atoms with Crippen molar-refractivity contribution in [2.24, 2.45) is 0 Å². The quantitative estimate of drug-likeness (QED) is 0.0262. The van der Waals surface area contributed by atoms with Gasteiger partial charge in [-0.05, 0) is 57.8 Å². The Morgan fingerprint density at radius 3 is 0.924 bits per heavy atom. The maximum Gasteiger partial charge on any atom is 0.306 e. The van der Waals surface area contributed by atoms with Crippen molar-refractivity contribution in [3.8, 4) is 0 Å². The lowest BCUT2D eigenvalue weighted by molar-refractivity contribution is -0.167. The Labute approximate surface area is 409 Å². The second-order valence-electron chi connectivity index (χ2n) is 19.2. The van der Waals surface area contributed by atoms with Crippen LogP contribution in [0.15, 0.2) is 48.6 Å². The van der Waals surface area contributed by atoms with Crippen molar-refractivity contribution in [3.05, 3.63) is 48.6 Å². The van der Waals surface area contributed by atoms with Crippen molar-refractivity contribution in [3.63, 3.8) is 0 Å². The summed E-state index contributed by atoms with van der Waals surface area (Å²) in [5, 5.41) is 0. The Kier molecular flexibility index (Phi) is 52.8. The van der Waals surface area contributed by atoms with Crippen LogP contribution >= 0.6 is 0 Å². The van der Waals surface area contributed by atoms with E-state index in [-0.39, 0.29) is 31.1 Å². The molecule has 0 aliphatic rings. The summed E-state index contributed by atoms with van der Waals surface area (Å²) >= 11 is 0. The number of esters is 3. The second kappa shape index (κ2) is 55.0. The fourth-order valence-electron chi connectivity index (χ4n) is 8.32. The van der Waals surface area contributed by atoms with E-state index in [1.54, 1.807) is 0 Å². The van der Waals surface area contributed by atoms with Crippen LogP contribution in [0.25, 0.3) is 0 Å². The van der Waals surface area contributed by atoms with Crippen LogP contribution in [-0.4, -0.2) is 37.2 Å². The number of carbonyl (C=O) groups is 3. The maximum absolute atomic E-state index is 12.7. The SMILES string of the molecule is CC/C=C\C/C=C\C/C=C\C/C=C\CCCCCCCCCCCCCCCCCCCCC(=O)OCC(COC(=O)CCCCCCCC)OC(=O)CCCCCCCCCCCCC. The van der Waals surface area contributed by atoms with Gasteiger partial charge in [0.25, 0.3) is 0 Å². The maximum atomic E-state index is 12.7. The van der Waals surface area contributed by atoms with Gasteiger partial charge >= 0.3 is 17.9 Å². The van der Waals surface area contributed by atoms with E-state index in [4.69, 9.17) is 14.2 Å². The van der Waals surface area contributed by atoms with Crippen LogP contribution in [0.2, 0.25) is 0 Å². The van der Waals surface area contributed by atoms with Gasteiger partial charge in [0.15, 0.2) is 6.10 Å². The van der Waals surface area contributed by atoms with Crippen LogP contribution in [0.1, 0.15) is 297 Å². The van der Waals surface area contributed by atoms with Crippen LogP contribution < -0.4 is 0 Å². The van der Waals surface area contributed by atoms with Crippen LogP contribution in [0.5, 0.6) is 0 Å². The van der Waals surface area contributed by atoms with Gasteiger partial charge in [0.1, 0.15) is 13.2 Å². The predicted molar refractivity (Wildman–Crippen MR) is 284 cm³/mol. The molecule has 1 atom stereocenters. The minimum absolute atomic E-state index is 0.0677. The molecule has 0 heterocycles. The Morgan fingerprint density at radius 2 is 0.591 bits per heavy atom. The highest BCUT2D eigenvalue weighted by Crippen LogP contribution is 2.17. The van der Waals surface area contributed by atoms with Crippen molar-refractivity contribution in [1.82, 2.24) is 0 Å². The molecule has 0 aromatic carbocycles. The molecule has 0 aromatic rings. The Bertz CT molecular complexity index is 1150. The fourth-order valence-corrected chi connectivity index (χ4v) is 8.32. The first-order valence-corrected chi connectivity index (χ1v) is 28.6. The normalized spacial score (nSPS) is 12.3. The van der Waals surface area contributed by atoms with Crippen molar-refractivity contribution >= 4 is 17.9 Å². The molecule has 0 saturated carbocycles. The van der Waals surface area contributed by atoms with Crippen molar-refractivity contribution in [2.45, 2.75) is 303 Å². The van der Waals surface area contributed by atoms with Gasteiger partial charge in [-0.1, -0.05) is 268 Å². The average Bonchev–Trinajstić information content (AvgIpc) is 3.31. The van der Waals surface area contributed by atoms with Crippen LogP contribution in [0.3, 0.4) is 0 Å². The Hall–Kier alpha value is -2.63. The summed E-state index contributed by atoms with van der Waals surface area (Å²) < 4.78 is 16.7. The molecule has 0 aliphatic heterocycles. The van der Waals surface area contributed by atoms with Gasteiger partial charge < -0.3 is 14.2 Å². The lowest BCUT2D eigenvalue weighted by atomic mass is 10.0. The minimum atomic E-state index is -0.763. The molecule has 384 valence electrons. The number of ether oxygens (including phenoxy) is 3. The molecule has 0 aliphatic carbocycles. The summed E-state index contributed by atoms with van der Waals surface area (Å²) in [6.45, 7) is 6.48. The lowest BCUT2D eigenvalue weighted by Crippen LogP contribution is -2.30. The molecule has 1 unspecified atom stereocenters. The highest BCUT2D eigenvalue weighted by Gasteiger charge is 2.19. The minimum Gasteiger partial charge on any atom is -0.462 e. The molecule has 0 rings (SSSR count). The number of unbranched alkanes of at least 4 members (excludes halogenated alkanes) is 33. The fraction of sp³-hybridized carbons (Fsp3) is 0.817. The number of carbonyl (C=O) groups excluding carboxylic acids is 3. The molecule has 6 heteroatoms. The third-order valence-electron chi connectivity index (χ3n) is 12.6. The van der Waals surface area contributed by atoms with E-state index in [9.17, 15) is 14.4 Å². The largest absolute Gasteiger partial charge is 0.462 e. The summed E-state index contributed by atoms with van der Waals surface area (Å²) in [7, 11) is 0. The highest BCUT2D eigenvalue weighted by molar-refractivity contribution is 5.71. The summed E-state index contributed by atoms with van der Waals surface area (Å²) in [6, 6.07) is 0. The van der Waals surface area contributed by atoms with Crippen molar-refractivity contribution in [2.75, 3.05) is 13.2 Å². The van der Waals surface area contributed by atoms with Gasteiger partial charge in [0.05, 0.1) is 0 Å². The van der Waals surface area contributed by atoms with E-state index < -0.39 is 6.10 Å². The summed E-state index contributed by atoms with van der Waals surface area (Å²) in [6.07, 6.45) is 67.3. The smallest absolute Gasteiger partial charge is 0.306 e. The van der Waals surface area contributed by atoms with Crippen LogP contribution in [0, 0.1) is 0 Å². The number of allylic oxidation sites excluding steroid dienone is 8. The molecular weight excluding hydrogens is 817 g/mol. The average molecular weight is 926 g/mol. The van der Waals surface area contributed by atoms with E-state index >= 15 is 0 Å². The van der Waals surface area contributed by atoms with Gasteiger partial charge in [-0.3, -0.25) is 14.4 Å². The monoisotopic (exact) mass is 925 g/mol. The lowest BCUT2D eigenvalue weighted by Gasteiger charge is -2.18. The molecule has 0 amide bonds.